The smallest absolute Gasteiger partial charge is 0.319 e. The minimum absolute atomic E-state index is 0.153. The zero-order valence-corrected chi connectivity index (χ0v) is 9.31. The van der Waals surface area contributed by atoms with Crippen LogP contribution < -0.4 is 10.6 Å². The monoisotopic (exact) mass is 210 g/mol. The van der Waals surface area contributed by atoms with Crippen LogP contribution in [-0.4, -0.2) is 22.8 Å². The maximum Gasteiger partial charge on any atom is 0.319 e. The summed E-state index contributed by atoms with van der Waals surface area (Å²) in [5.41, 5.74) is 5.43. The molecule has 0 unspecified atom stereocenters. The van der Waals surface area contributed by atoms with Crippen LogP contribution in [0.2, 0.25) is 0 Å². The van der Waals surface area contributed by atoms with Crippen molar-refractivity contribution in [2.24, 2.45) is 5.92 Å². The van der Waals surface area contributed by atoms with Crippen molar-refractivity contribution in [1.29, 1.82) is 0 Å². The van der Waals surface area contributed by atoms with Crippen molar-refractivity contribution >= 4 is 12.0 Å². The third kappa shape index (κ3) is 2.61. The average molecular weight is 210 g/mol. The van der Waals surface area contributed by atoms with Gasteiger partial charge in [0.1, 0.15) is 0 Å². The highest BCUT2D eigenvalue weighted by molar-refractivity contribution is 5.31. The van der Waals surface area contributed by atoms with Crippen LogP contribution in [0.25, 0.3) is 0 Å². The molecule has 0 aromatic carbocycles. The summed E-state index contributed by atoms with van der Waals surface area (Å²) < 4.78 is 5.26. The molecule has 0 amide bonds. The first-order chi connectivity index (χ1) is 7.16. The van der Waals surface area contributed by atoms with Crippen LogP contribution in [0, 0.1) is 5.92 Å². The first-order valence-corrected chi connectivity index (χ1v) is 5.52. The summed E-state index contributed by atoms with van der Waals surface area (Å²) in [7, 11) is 0. The Morgan fingerprint density at radius 2 is 2.20 bits per heavy atom. The van der Waals surface area contributed by atoms with Crippen LogP contribution in [0.3, 0.4) is 0 Å². The Bertz CT molecular complexity index is 319. The zero-order valence-electron chi connectivity index (χ0n) is 9.31. The van der Waals surface area contributed by atoms with Gasteiger partial charge in [0.05, 0.1) is 0 Å². The van der Waals surface area contributed by atoms with Crippen molar-refractivity contribution < 1.29 is 4.42 Å². The highest BCUT2D eigenvalue weighted by Gasteiger charge is 2.32. The van der Waals surface area contributed by atoms with E-state index in [1.54, 1.807) is 0 Å². The second-order valence-electron chi connectivity index (χ2n) is 4.53. The molecular formula is C10H18N4O. The molecule has 0 radical (unpaired) electrons. The van der Waals surface area contributed by atoms with Gasteiger partial charge in [-0.25, -0.2) is 0 Å². The standard InChI is InChI=1S/C10H18N4O/c1-7(2)5-6-14(8-3-4-8)10-13-12-9(11)15-10/h7-8H,3-6H2,1-2H3,(H2,11,12). The fraction of sp³-hybridized carbons (Fsp3) is 0.800. The molecule has 0 saturated heterocycles. The molecule has 2 rings (SSSR count). The predicted octanol–water partition coefficient (Wildman–Crippen LogP) is 1.67. The summed E-state index contributed by atoms with van der Waals surface area (Å²) in [4.78, 5) is 2.18. The second kappa shape index (κ2) is 4.08. The number of rotatable bonds is 5. The number of hydrogen-bond acceptors (Lipinski definition) is 5. The quantitative estimate of drug-likeness (QED) is 0.800. The van der Waals surface area contributed by atoms with E-state index in [2.05, 4.69) is 28.9 Å². The lowest BCUT2D eigenvalue weighted by Crippen LogP contribution is -2.28. The molecule has 15 heavy (non-hydrogen) atoms. The van der Waals surface area contributed by atoms with E-state index in [1.165, 1.54) is 12.8 Å². The van der Waals surface area contributed by atoms with E-state index >= 15 is 0 Å². The predicted molar refractivity (Wildman–Crippen MR) is 58.5 cm³/mol. The van der Waals surface area contributed by atoms with Gasteiger partial charge in [-0.05, 0) is 25.2 Å². The molecule has 1 aromatic rings. The minimum atomic E-state index is 0.153. The van der Waals surface area contributed by atoms with Gasteiger partial charge in [-0.2, -0.15) is 0 Å². The number of hydrogen-bond donors (Lipinski definition) is 1. The molecule has 0 bridgehead atoms. The highest BCUT2D eigenvalue weighted by atomic mass is 16.4. The van der Waals surface area contributed by atoms with Gasteiger partial charge in [0.25, 0.3) is 0 Å². The van der Waals surface area contributed by atoms with Gasteiger partial charge >= 0.3 is 12.0 Å². The molecule has 0 atom stereocenters. The molecule has 5 heteroatoms. The lowest BCUT2D eigenvalue weighted by molar-refractivity contribution is 0.512. The van der Waals surface area contributed by atoms with Crippen LogP contribution in [0.15, 0.2) is 4.42 Å². The maximum absolute atomic E-state index is 5.43. The molecule has 1 aromatic heterocycles. The molecule has 0 spiro atoms. The van der Waals surface area contributed by atoms with Crippen molar-refractivity contribution in [3.05, 3.63) is 0 Å². The van der Waals surface area contributed by atoms with Gasteiger partial charge < -0.3 is 15.1 Å². The lowest BCUT2D eigenvalue weighted by Gasteiger charge is -2.20. The molecule has 1 aliphatic carbocycles. The number of nitrogens with zero attached hydrogens (tertiary/aromatic N) is 3. The van der Waals surface area contributed by atoms with E-state index in [9.17, 15) is 0 Å². The molecule has 1 aliphatic rings. The van der Waals surface area contributed by atoms with E-state index in [4.69, 9.17) is 10.2 Å². The molecule has 5 nitrogen and oxygen atoms in total. The van der Waals surface area contributed by atoms with Crippen molar-refractivity contribution in [2.45, 2.75) is 39.2 Å². The van der Waals surface area contributed by atoms with Gasteiger partial charge in [-0.3, -0.25) is 0 Å². The van der Waals surface area contributed by atoms with Gasteiger partial charge in [-0.1, -0.05) is 24.0 Å². The van der Waals surface area contributed by atoms with Crippen LogP contribution in [0.5, 0.6) is 0 Å². The van der Waals surface area contributed by atoms with E-state index in [0.29, 0.717) is 18.0 Å². The molecule has 1 fully saturated rings. The van der Waals surface area contributed by atoms with Crippen molar-refractivity contribution in [3.8, 4) is 0 Å². The largest absolute Gasteiger partial charge is 0.390 e. The molecule has 0 aliphatic heterocycles. The third-order valence-electron chi connectivity index (χ3n) is 2.61. The van der Waals surface area contributed by atoms with Crippen LogP contribution >= 0.6 is 0 Å². The van der Waals surface area contributed by atoms with Crippen LogP contribution in [-0.2, 0) is 0 Å². The van der Waals surface area contributed by atoms with Gasteiger partial charge in [-0.15, -0.1) is 0 Å². The molecule has 1 heterocycles. The molecule has 84 valence electrons. The fourth-order valence-electron chi connectivity index (χ4n) is 1.56. The fourth-order valence-corrected chi connectivity index (χ4v) is 1.56. The molecular weight excluding hydrogens is 192 g/mol. The minimum Gasteiger partial charge on any atom is -0.390 e. The number of nitrogen functional groups attached to an aromatic ring is 1. The summed E-state index contributed by atoms with van der Waals surface area (Å²) in [5, 5.41) is 7.63. The molecule has 2 N–H and O–H groups in total. The Morgan fingerprint density at radius 3 is 2.67 bits per heavy atom. The van der Waals surface area contributed by atoms with E-state index < -0.39 is 0 Å². The normalized spacial score (nSPS) is 15.9. The van der Waals surface area contributed by atoms with Gasteiger partial charge in [0.15, 0.2) is 0 Å². The van der Waals surface area contributed by atoms with Crippen LogP contribution in [0.1, 0.15) is 33.1 Å². The number of aromatic nitrogens is 2. The topological polar surface area (TPSA) is 68.2 Å². The Kier molecular flexibility index (Phi) is 2.79. The summed E-state index contributed by atoms with van der Waals surface area (Å²) in [5.74, 6) is 0.687. The van der Waals surface area contributed by atoms with Crippen LogP contribution in [0.4, 0.5) is 12.0 Å². The first-order valence-electron chi connectivity index (χ1n) is 5.52. The van der Waals surface area contributed by atoms with Gasteiger partial charge in [0.2, 0.25) is 0 Å². The average Bonchev–Trinajstić information content (AvgIpc) is 2.90. The van der Waals surface area contributed by atoms with Crippen molar-refractivity contribution in [2.75, 3.05) is 17.2 Å². The summed E-state index contributed by atoms with van der Waals surface area (Å²) in [6.07, 6.45) is 3.58. The summed E-state index contributed by atoms with van der Waals surface area (Å²) in [6.45, 7) is 5.41. The van der Waals surface area contributed by atoms with Gasteiger partial charge in [0, 0.05) is 12.6 Å². The third-order valence-corrected chi connectivity index (χ3v) is 2.61. The van der Waals surface area contributed by atoms with Crippen molar-refractivity contribution in [1.82, 2.24) is 10.2 Å². The Hall–Kier alpha value is -1.26. The highest BCUT2D eigenvalue weighted by Crippen LogP contribution is 2.31. The maximum atomic E-state index is 5.43. The Labute approximate surface area is 89.6 Å². The van der Waals surface area contributed by atoms with E-state index in [0.717, 1.165) is 13.0 Å². The zero-order chi connectivity index (χ0) is 10.8. The summed E-state index contributed by atoms with van der Waals surface area (Å²) >= 11 is 0. The second-order valence-corrected chi connectivity index (χ2v) is 4.53. The summed E-state index contributed by atoms with van der Waals surface area (Å²) in [6, 6.07) is 1.32. The SMILES string of the molecule is CC(C)CCN(c1nnc(N)o1)C1CC1. The number of nitrogens with two attached hydrogens (primary N) is 1. The van der Waals surface area contributed by atoms with E-state index in [-0.39, 0.29) is 6.01 Å². The Balaban J connectivity index is 1.99. The Morgan fingerprint density at radius 1 is 1.47 bits per heavy atom. The number of anilines is 2. The molecule has 1 saturated carbocycles. The van der Waals surface area contributed by atoms with E-state index in [1.807, 2.05) is 0 Å². The van der Waals surface area contributed by atoms with Crippen molar-refractivity contribution in [3.63, 3.8) is 0 Å². The first kappa shape index (κ1) is 10.3. The lowest BCUT2D eigenvalue weighted by atomic mass is 10.1.